The number of carbonyl (C=O) groups is 1. The summed E-state index contributed by atoms with van der Waals surface area (Å²) in [6.07, 6.45) is 3.24. The van der Waals surface area contributed by atoms with E-state index in [0.717, 1.165) is 12.8 Å². The third-order valence-corrected chi connectivity index (χ3v) is 7.29. The minimum absolute atomic E-state index is 0.0244. The summed E-state index contributed by atoms with van der Waals surface area (Å²) in [5, 5.41) is 9.79. The number of fused-ring (bicyclic) bond motifs is 1. The van der Waals surface area contributed by atoms with Gasteiger partial charge in [0.05, 0.1) is 53.5 Å². The van der Waals surface area contributed by atoms with Crippen LogP contribution in [-0.2, 0) is 24.4 Å². The molecule has 42 heavy (non-hydrogen) atoms. The Morgan fingerprint density at radius 3 is 2.76 bits per heavy atom. The molecule has 0 saturated carbocycles. The molecular formula is C30H25ClFN5O5. The highest BCUT2D eigenvalue weighted by Crippen LogP contribution is 2.24. The lowest BCUT2D eigenvalue weighted by Crippen LogP contribution is -2.24. The van der Waals surface area contributed by atoms with Crippen LogP contribution in [0.3, 0.4) is 0 Å². The number of ether oxygens (including phenoxy) is 2. The molecular weight excluding hydrogens is 565 g/mol. The van der Waals surface area contributed by atoms with Crippen LogP contribution in [0.1, 0.15) is 34.6 Å². The molecule has 2 aromatic carbocycles. The third-order valence-electron chi connectivity index (χ3n) is 7.05. The zero-order chi connectivity index (χ0) is 29.2. The molecule has 5 aromatic rings. The summed E-state index contributed by atoms with van der Waals surface area (Å²) in [6, 6.07) is 15.5. The second-order valence-corrected chi connectivity index (χ2v) is 10.3. The minimum Gasteiger partial charge on any atom is -0.478 e. The molecule has 214 valence electrons. The molecule has 0 aliphatic carbocycles. The van der Waals surface area contributed by atoms with Gasteiger partial charge in [-0.1, -0.05) is 23.7 Å². The maximum absolute atomic E-state index is 14.1. The van der Waals surface area contributed by atoms with Crippen molar-refractivity contribution in [1.82, 2.24) is 24.1 Å². The molecule has 1 aliphatic rings. The van der Waals surface area contributed by atoms with Crippen LogP contribution in [-0.4, -0.2) is 47.9 Å². The van der Waals surface area contributed by atoms with Gasteiger partial charge in [0.25, 0.3) is 5.56 Å². The second kappa shape index (κ2) is 11.7. The number of benzene rings is 2. The highest BCUT2D eigenvalue weighted by Gasteiger charge is 2.21. The van der Waals surface area contributed by atoms with Crippen molar-refractivity contribution in [3.63, 3.8) is 0 Å². The van der Waals surface area contributed by atoms with Crippen LogP contribution in [0.2, 0.25) is 5.02 Å². The van der Waals surface area contributed by atoms with Crippen LogP contribution in [0.5, 0.6) is 5.88 Å². The van der Waals surface area contributed by atoms with E-state index in [1.54, 1.807) is 42.5 Å². The molecule has 1 fully saturated rings. The number of carboxylic acid groups (broad SMARTS) is 1. The van der Waals surface area contributed by atoms with Crippen molar-refractivity contribution in [2.24, 2.45) is 0 Å². The van der Waals surface area contributed by atoms with Gasteiger partial charge < -0.3 is 19.1 Å². The summed E-state index contributed by atoms with van der Waals surface area (Å²) >= 11 is 5.81. The van der Waals surface area contributed by atoms with Crippen molar-refractivity contribution < 1.29 is 23.8 Å². The van der Waals surface area contributed by atoms with Crippen LogP contribution in [0.15, 0.2) is 71.8 Å². The predicted octanol–water partition coefficient (Wildman–Crippen LogP) is 4.95. The molecule has 10 nitrogen and oxygen atoms in total. The zero-order valence-electron chi connectivity index (χ0n) is 22.2. The number of rotatable bonds is 9. The molecule has 3 aromatic heterocycles. The Bertz CT molecular complexity index is 1850. The largest absolute Gasteiger partial charge is 0.478 e. The Balaban J connectivity index is 1.24. The van der Waals surface area contributed by atoms with Crippen molar-refractivity contribution in [3.05, 3.63) is 105 Å². The van der Waals surface area contributed by atoms with Crippen molar-refractivity contribution in [1.29, 1.82) is 0 Å². The molecule has 1 saturated heterocycles. The number of aromatic nitrogens is 5. The average Bonchev–Trinajstić information content (AvgIpc) is 3.61. The number of aromatic carboxylic acids is 1. The first-order valence-corrected chi connectivity index (χ1v) is 13.7. The van der Waals surface area contributed by atoms with Crippen LogP contribution < -0.4 is 10.3 Å². The van der Waals surface area contributed by atoms with Crippen LogP contribution in [0, 0.1) is 5.82 Å². The van der Waals surface area contributed by atoms with Gasteiger partial charge in [-0.25, -0.2) is 24.1 Å². The van der Waals surface area contributed by atoms with Gasteiger partial charge in [-0.15, -0.1) is 0 Å². The van der Waals surface area contributed by atoms with Crippen molar-refractivity contribution >= 4 is 28.6 Å². The smallest absolute Gasteiger partial charge is 0.335 e. The Hall–Kier alpha value is -4.61. The molecule has 6 rings (SSSR count). The molecule has 0 bridgehead atoms. The number of nitrogens with zero attached hydrogens (tertiary/aromatic N) is 5. The summed E-state index contributed by atoms with van der Waals surface area (Å²) in [4.78, 5) is 38.3. The Morgan fingerprint density at radius 2 is 2.00 bits per heavy atom. The minimum atomic E-state index is -1.03. The lowest BCUT2D eigenvalue weighted by molar-refractivity contribution is 0.0697. The van der Waals surface area contributed by atoms with E-state index >= 15 is 0 Å². The Labute approximate surface area is 244 Å². The first-order valence-electron chi connectivity index (χ1n) is 13.3. The number of hydrogen-bond donors (Lipinski definition) is 1. The molecule has 0 radical (unpaired) electrons. The Morgan fingerprint density at radius 1 is 1.12 bits per heavy atom. The first kappa shape index (κ1) is 27.6. The van der Waals surface area contributed by atoms with E-state index in [1.165, 1.54) is 29.1 Å². The number of pyridine rings is 1. The van der Waals surface area contributed by atoms with Gasteiger partial charge in [0.2, 0.25) is 5.88 Å². The Kier molecular flexibility index (Phi) is 7.68. The fourth-order valence-electron chi connectivity index (χ4n) is 4.89. The second-order valence-electron chi connectivity index (χ2n) is 9.91. The maximum Gasteiger partial charge on any atom is 0.335 e. The standard InChI is InChI=1S/C30H25ClFN5O5/c31-20-8-6-19(22(32)12-20)16-42-28-5-1-4-23(35-28)25-13-29(38)36(17-33-25)15-27-34-24-9-7-18(30(39)40)11-26(24)37(27)14-21-3-2-10-41-21/h1,4-9,11-13,17,21H,2-3,10,14-16H2,(H,39,40). The van der Waals surface area contributed by atoms with Gasteiger partial charge in [0.15, 0.2) is 0 Å². The van der Waals surface area contributed by atoms with E-state index < -0.39 is 11.8 Å². The normalized spacial score (nSPS) is 14.9. The molecule has 0 spiro atoms. The van der Waals surface area contributed by atoms with Gasteiger partial charge in [0.1, 0.15) is 18.2 Å². The SMILES string of the molecule is O=C(O)c1ccc2nc(Cn3cnc(-c4cccc(OCc5ccc(Cl)cc5F)n4)cc3=O)n(CC3CCCO3)c2c1. The van der Waals surface area contributed by atoms with Gasteiger partial charge >= 0.3 is 5.97 Å². The first-order chi connectivity index (χ1) is 20.3. The molecule has 1 unspecified atom stereocenters. The van der Waals surface area contributed by atoms with Crippen LogP contribution >= 0.6 is 11.6 Å². The number of hydrogen-bond acceptors (Lipinski definition) is 7. The van der Waals surface area contributed by atoms with Gasteiger partial charge in [-0.05, 0) is 49.2 Å². The van der Waals surface area contributed by atoms with Crippen molar-refractivity contribution in [3.8, 4) is 17.3 Å². The van der Waals surface area contributed by atoms with Gasteiger partial charge in [-0.3, -0.25) is 9.36 Å². The molecule has 1 aliphatic heterocycles. The summed E-state index contributed by atoms with van der Waals surface area (Å²) in [5.41, 5.74) is 2.22. The fourth-order valence-corrected chi connectivity index (χ4v) is 5.05. The molecule has 1 atom stereocenters. The fraction of sp³-hybridized carbons (Fsp3) is 0.233. The predicted molar refractivity (Wildman–Crippen MR) is 152 cm³/mol. The molecule has 0 amide bonds. The van der Waals surface area contributed by atoms with E-state index in [4.69, 9.17) is 26.1 Å². The highest BCUT2D eigenvalue weighted by molar-refractivity contribution is 6.30. The summed E-state index contributed by atoms with van der Waals surface area (Å²) < 4.78 is 28.9. The summed E-state index contributed by atoms with van der Waals surface area (Å²) in [6.45, 7) is 1.25. The topological polar surface area (TPSA) is 121 Å². The third kappa shape index (κ3) is 5.88. The van der Waals surface area contributed by atoms with Crippen molar-refractivity contribution in [2.45, 2.75) is 38.6 Å². The zero-order valence-corrected chi connectivity index (χ0v) is 23.0. The van der Waals surface area contributed by atoms with E-state index in [2.05, 4.69) is 9.97 Å². The van der Waals surface area contributed by atoms with E-state index in [0.29, 0.717) is 52.0 Å². The van der Waals surface area contributed by atoms with E-state index in [1.807, 2.05) is 4.57 Å². The summed E-state index contributed by atoms with van der Waals surface area (Å²) in [5.74, 6) is -0.672. The summed E-state index contributed by atoms with van der Waals surface area (Å²) in [7, 11) is 0. The lowest BCUT2D eigenvalue weighted by atomic mass is 10.2. The maximum atomic E-state index is 14.1. The highest BCUT2D eigenvalue weighted by atomic mass is 35.5. The number of imidazole rings is 1. The monoisotopic (exact) mass is 589 g/mol. The number of carboxylic acids is 1. The molecule has 1 N–H and O–H groups in total. The lowest BCUT2D eigenvalue weighted by Gasteiger charge is -2.15. The van der Waals surface area contributed by atoms with Crippen LogP contribution in [0.4, 0.5) is 4.39 Å². The van der Waals surface area contributed by atoms with Gasteiger partial charge in [0, 0.05) is 29.3 Å². The molecule has 4 heterocycles. The van der Waals surface area contributed by atoms with Crippen molar-refractivity contribution in [2.75, 3.05) is 6.61 Å². The quantitative estimate of drug-likeness (QED) is 0.256. The molecule has 12 heteroatoms. The number of halogens is 2. The van der Waals surface area contributed by atoms with E-state index in [9.17, 15) is 19.1 Å². The van der Waals surface area contributed by atoms with Crippen LogP contribution in [0.25, 0.3) is 22.4 Å². The average molecular weight is 590 g/mol. The van der Waals surface area contributed by atoms with E-state index in [-0.39, 0.29) is 36.3 Å². The van der Waals surface area contributed by atoms with Gasteiger partial charge in [-0.2, -0.15) is 0 Å².